The predicted octanol–water partition coefficient (Wildman–Crippen LogP) is 9.83. The van der Waals surface area contributed by atoms with Gasteiger partial charge in [0.05, 0.1) is 0 Å². The summed E-state index contributed by atoms with van der Waals surface area (Å²) in [6.45, 7) is 4.36. The quantitative estimate of drug-likeness (QED) is 0.0548. The highest BCUT2D eigenvalue weighted by Crippen LogP contribution is 2.40. The van der Waals surface area contributed by atoms with E-state index in [0.717, 1.165) is 14.7 Å². The summed E-state index contributed by atoms with van der Waals surface area (Å²) in [5.74, 6) is -0.276. The van der Waals surface area contributed by atoms with E-state index < -0.39 is 49.3 Å². The summed E-state index contributed by atoms with van der Waals surface area (Å²) in [5.41, 5.74) is 1.59. The Morgan fingerprint density at radius 1 is 0.328 bits per heavy atom. The van der Waals surface area contributed by atoms with Crippen LogP contribution in [0.3, 0.4) is 0 Å². The Bertz CT molecular complexity index is 2510. The zero-order valence-corrected chi connectivity index (χ0v) is 36.6. The van der Waals surface area contributed by atoms with Crippen molar-refractivity contribution >= 4 is 87.2 Å². The van der Waals surface area contributed by atoms with Crippen LogP contribution in [0.4, 0.5) is 0 Å². The summed E-state index contributed by atoms with van der Waals surface area (Å²) >= 11 is 3.82. The van der Waals surface area contributed by atoms with Crippen molar-refractivity contribution in [2.75, 3.05) is 0 Å². The minimum atomic E-state index is -5.12. The Hall–Kier alpha value is -4.42. The van der Waals surface area contributed by atoms with E-state index >= 15 is 0 Å². The monoisotopic (exact) mass is 905 g/mol. The van der Waals surface area contributed by atoms with Crippen LogP contribution in [0.15, 0.2) is 190 Å². The van der Waals surface area contributed by atoms with Gasteiger partial charge >= 0.3 is 34.6 Å². The van der Waals surface area contributed by atoms with Crippen LogP contribution in [0.1, 0.15) is 51.8 Å². The molecule has 0 aliphatic heterocycles. The van der Waals surface area contributed by atoms with Gasteiger partial charge in [-0.25, -0.2) is 0 Å². The fraction of sp³-hybridized carbons (Fsp3) is 0.0714. The van der Waals surface area contributed by atoms with Crippen molar-refractivity contribution < 1.29 is 39.6 Å². The minimum absolute atomic E-state index is 0.0920. The third-order valence-corrected chi connectivity index (χ3v) is 29.7. The normalized spacial score (nSPS) is 12.0. The lowest BCUT2D eigenvalue weighted by Crippen LogP contribution is -2.32. The van der Waals surface area contributed by atoms with Crippen molar-refractivity contribution in [1.29, 1.82) is 0 Å². The smallest absolute Gasteiger partial charge is 0.295 e. The highest BCUT2D eigenvalue weighted by molar-refractivity contribution is 9.24. The third kappa shape index (κ3) is 9.88. The molecule has 0 fully saturated rings. The molecule has 16 heteroatoms. The Labute approximate surface area is 351 Å². The fourth-order valence-corrected chi connectivity index (χ4v) is 25.5. The molecule has 0 aliphatic carbocycles. The van der Waals surface area contributed by atoms with Crippen molar-refractivity contribution in [2.24, 2.45) is 0 Å². The van der Waals surface area contributed by atoms with Crippen molar-refractivity contribution in [3.8, 4) is 0 Å². The van der Waals surface area contributed by atoms with Crippen molar-refractivity contribution in [2.45, 2.75) is 64.8 Å². The van der Waals surface area contributed by atoms with Crippen LogP contribution < -0.4 is 0 Å². The fourth-order valence-electron chi connectivity index (χ4n) is 5.29. The van der Waals surface area contributed by atoms with Crippen molar-refractivity contribution in [1.82, 2.24) is 0 Å². The molecule has 0 saturated heterocycles. The van der Waals surface area contributed by atoms with Gasteiger partial charge in [0.15, 0.2) is 17.3 Å². The highest BCUT2D eigenvalue weighted by Gasteiger charge is 2.62. The van der Waals surface area contributed by atoms with Crippen molar-refractivity contribution in [3.63, 3.8) is 0 Å². The largest absolute Gasteiger partial charge is 0.378 e. The first kappa shape index (κ1) is 43.2. The standard InChI is InChI=1S/C42H33O9S7/c1-28(43)31-4-10-34(11-5-31)52-37-16-22-40(23-17-37)56(46,47)55(57(48,49)41-24-18-38(19-25-41)53-35-12-6-32(7-13-35)29(2)44)58(50,51)42-26-20-39(21-27-42)54-36-14-8-33(9-15-36)30(3)45/h4-27H,1-3H3/q+1. The van der Waals surface area contributed by atoms with Crippen LogP contribution in [0.2, 0.25) is 0 Å². The van der Waals surface area contributed by atoms with Gasteiger partial charge in [-0.05, 0) is 130 Å². The molecule has 0 bridgehead atoms. The molecule has 6 aromatic rings. The van der Waals surface area contributed by atoms with Gasteiger partial charge in [0.25, 0.3) is 0 Å². The second-order valence-corrected chi connectivity index (χ2v) is 29.4. The molecular weight excluding hydrogens is 873 g/mol. The van der Waals surface area contributed by atoms with Crippen LogP contribution in [0.25, 0.3) is 0 Å². The molecule has 0 spiro atoms. The highest BCUT2D eigenvalue weighted by atomic mass is 33.9. The number of carbonyl (C=O) groups excluding carboxylic acids is 3. The van der Waals surface area contributed by atoms with E-state index in [1.54, 1.807) is 72.8 Å². The van der Waals surface area contributed by atoms with E-state index in [1.165, 1.54) is 129 Å². The van der Waals surface area contributed by atoms with Crippen LogP contribution in [-0.2, 0) is 34.6 Å². The van der Waals surface area contributed by atoms with Crippen molar-refractivity contribution in [3.05, 3.63) is 162 Å². The summed E-state index contributed by atoms with van der Waals surface area (Å²) in [7, 11) is -18.7. The van der Waals surface area contributed by atoms with Gasteiger partial charge in [-0.1, -0.05) is 71.7 Å². The zero-order valence-electron chi connectivity index (χ0n) is 30.9. The lowest BCUT2D eigenvalue weighted by molar-refractivity contribution is 0.100. The SMILES string of the molecule is CC(=O)c1ccc(Sc2ccc(S(=O)(=O)[S+](S(=O)(=O)c3ccc(Sc4ccc(C(C)=O)cc4)cc3)S(=O)(=O)c3ccc(Sc4ccc(C(C)=O)cc4)cc3)cc2)cc1. The second kappa shape index (κ2) is 17.8. The summed E-state index contributed by atoms with van der Waals surface area (Å²) in [6.07, 6.45) is 0. The number of carbonyl (C=O) groups is 3. The number of Topliss-reactive ketones (excluding diaryl/α,β-unsaturated/α-hetero) is 3. The van der Waals surface area contributed by atoms with Crippen LogP contribution in [-0.4, -0.2) is 42.6 Å². The predicted molar refractivity (Wildman–Crippen MR) is 230 cm³/mol. The molecule has 0 saturated carbocycles. The van der Waals surface area contributed by atoms with Gasteiger partial charge < -0.3 is 0 Å². The molecule has 6 aromatic carbocycles. The number of hydrogen-bond donors (Lipinski definition) is 0. The molecule has 0 N–H and O–H groups in total. The maximum Gasteiger partial charge on any atom is 0.378 e. The lowest BCUT2D eigenvalue weighted by atomic mass is 10.2. The molecule has 296 valence electrons. The Morgan fingerprint density at radius 2 is 0.500 bits per heavy atom. The molecule has 0 atom stereocenters. The average molecular weight is 906 g/mol. The average Bonchev–Trinajstić information content (AvgIpc) is 3.19. The topological polar surface area (TPSA) is 154 Å². The van der Waals surface area contributed by atoms with Gasteiger partial charge in [0, 0.05) is 46.1 Å². The van der Waals surface area contributed by atoms with Crippen LogP contribution >= 0.6 is 35.3 Å². The first-order valence-corrected chi connectivity index (χ1v) is 26.8. The maximum absolute atomic E-state index is 14.5. The van der Waals surface area contributed by atoms with E-state index in [9.17, 15) is 39.6 Å². The molecule has 0 aliphatic rings. The van der Waals surface area contributed by atoms with Gasteiger partial charge in [-0.3, -0.25) is 14.4 Å². The van der Waals surface area contributed by atoms with Crippen LogP contribution in [0, 0.1) is 0 Å². The van der Waals surface area contributed by atoms with Gasteiger partial charge in [-0.15, -0.1) is 0 Å². The van der Waals surface area contributed by atoms with E-state index in [0.29, 0.717) is 31.4 Å². The number of benzene rings is 6. The van der Waals surface area contributed by atoms with E-state index in [2.05, 4.69) is 0 Å². The Morgan fingerprint density at radius 3 is 0.672 bits per heavy atom. The molecule has 58 heavy (non-hydrogen) atoms. The van der Waals surface area contributed by atoms with E-state index in [-0.39, 0.29) is 17.3 Å². The first-order valence-electron chi connectivity index (χ1n) is 17.1. The lowest BCUT2D eigenvalue weighted by Gasteiger charge is -2.11. The Kier molecular flexibility index (Phi) is 13.3. The number of hydrogen-bond acceptors (Lipinski definition) is 12. The molecule has 9 nitrogen and oxygen atoms in total. The molecule has 0 unspecified atom stereocenters. The number of ketones is 3. The van der Waals surface area contributed by atoms with Gasteiger partial charge in [0.2, 0.25) is 0 Å². The molecular formula is C42H33O9S7+. The summed E-state index contributed by atoms with van der Waals surface area (Å²) < 4.78 is 86.8. The minimum Gasteiger partial charge on any atom is -0.295 e. The zero-order chi connectivity index (χ0) is 41.8. The number of rotatable bonds is 15. The molecule has 0 radical (unpaired) electrons. The summed E-state index contributed by atoms with van der Waals surface area (Å²) in [4.78, 5) is 37.6. The van der Waals surface area contributed by atoms with Crippen LogP contribution in [0.5, 0.6) is 0 Å². The van der Waals surface area contributed by atoms with E-state index in [1.807, 2.05) is 0 Å². The first-order chi connectivity index (χ1) is 27.4. The van der Waals surface area contributed by atoms with Gasteiger partial charge in [-0.2, -0.15) is 25.3 Å². The second-order valence-electron chi connectivity index (χ2n) is 12.5. The molecule has 0 heterocycles. The van der Waals surface area contributed by atoms with Gasteiger partial charge in [0.1, 0.15) is 14.7 Å². The molecule has 0 aromatic heterocycles. The molecule has 0 amide bonds. The molecule has 6 rings (SSSR count). The Balaban J connectivity index is 1.34. The third-order valence-electron chi connectivity index (χ3n) is 8.36. The maximum atomic E-state index is 14.5. The van der Waals surface area contributed by atoms with E-state index in [4.69, 9.17) is 0 Å². The summed E-state index contributed by atoms with van der Waals surface area (Å²) in [5, 5.41) is 0. The summed E-state index contributed by atoms with van der Waals surface area (Å²) in [6, 6.07) is 36.3.